The predicted octanol–water partition coefficient (Wildman–Crippen LogP) is 0.863. The number of benzene rings is 1. The number of ether oxygens (including phenoxy) is 2. The summed E-state index contributed by atoms with van der Waals surface area (Å²) in [7, 11) is 2.44. The van der Waals surface area contributed by atoms with Gasteiger partial charge in [-0.05, 0) is 24.1 Å². The van der Waals surface area contributed by atoms with E-state index in [4.69, 9.17) is 0 Å². The third kappa shape index (κ3) is 4.76. The highest BCUT2D eigenvalue weighted by atomic mass is 16.5. The van der Waals surface area contributed by atoms with Crippen LogP contribution in [0.4, 0.5) is 0 Å². The molecule has 0 heterocycles. The molecule has 1 rings (SSSR count). The molecule has 0 saturated carbocycles. The van der Waals surface area contributed by atoms with Gasteiger partial charge in [0, 0.05) is 5.56 Å². The average Bonchev–Trinajstić information content (AvgIpc) is 2.51. The number of rotatable bonds is 6. The smallest absolute Gasteiger partial charge is 0.328 e. The Bertz CT molecular complexity index is 557. The lowest BCUT2D eigenvalue weighted by atomic mass is 9.97. The van der Waals surface area contributed by atoms with Crippen molar-refractivity contribution in [3.8, 4) is 5.75 Å². The molecule has 0 aliphatic heterocycles. The second-order valence-corrected chi connectivity index (χ2v) is 4.78. The van der Waals surface area contributed by atoms with Crippen molar-refractivity contribution < 1.29 is 29.0 Å². The van der Waals surface area contributed by atoms with Gasteiger partial charge in [-0.2, -0.15) is 0 Å². The molecule has 0 unspecified atom stereocenters. The van der Waals surface area contributed by atoms with E-state index in [0.717, 1.165) is 0 Å². The molecule has 7 nitrogen and oxygen atoms in total. The lowest BCUT2D eigenvalue weighted by Crippen LogP contribution is -2.46. The molecule has 0 aromatic heterocycles. The number of methoxy groups -OCH3 is 2. The lowest BCUT2D eigenvalue weighted by molar-refractivity contribution is -0.146. The van der Waals surface area contributed by atoms with E-state index in [-0.39, 0.29) is 17.7 Å². The van der Waals surface area contributed by atoms with Crippen molar-refractivity contribution in [2.75, 3.05) is 14.2 Å². The van der Waals surface area contributed by atoms with E-state index >= 15 is 0 Å². The summed E-state index contributed by atoms with van der Waals surface area (Å²) in [5.74, 6) is -2.29. The lowest BCUT2D eigenvalue weighted by Gasteiger charge is -2.22. The van der Waals surface area contributed by atoms with E-state index in [2.05, 4.69) is 14.8 Å². The van der Waals surface area contributed by atoms with E-state index in [1.165, 1.54) is 38.5 Å². The van der Waals surface area contributed by atoms with Crippen LogP contribution in [0.25, 0.3) is 0 Å². The van der Waals surface area contributed by atoms with E-state index in [0.29, 0.717) is 0 Å². The molecule has 1 aromatic carbocycles. The number of esters is 2. The van der Waals surface area contributed by atoms with Gasteiger partial charge < -0.3 is 19.9 Å². The number of phenolic OH excluding ortho intramolecular Hbond substituents is 1. The number of aromatic hydroxyl groups is 1. The Morgan fingerprint density at radius 1 is 1.23 bits per heavy atom. The fraction of sp³-hybridized carbons (Fsp3) is 0.400. The maximum Gasteiger partial charge on any atom is 0.328 e. The first-order chi connectivity index (χ1) is 10.4. The summed E-state index contributed by atoms with van der Waals surface area (Å²) < 4.78 is 9.21. The minimum absolute atomic E-state index is 0.0451. The quantitative estimate of drug-likeness (QED) is 0.756. The first-order valence-corrected chi connectivity index (χ1v) is 6.63. The molecule has 0 spiro atoms. The number of hydrogen-bond acceptors (Lipinski definition) is 6. The highest BCUT2D eigenvalue weighted by molar-refractivity contribution is 5.97. The summed E-state index contributed by atoms with van der Waals surface area (Å²) >= 11 is 0. The van der Waals surface area contributed by atoms with Gasteiger partial charge >= 0.3 is 11.9 Å². The molecule has 0 saturated heterocycles. The van der Waals surface area contributed by atoms with Crippen molar-refractivity contribution in [2.45, 2.75) is 19.4 Å². The van der Waals surface area contributed by atoms with Gasteiger partial charge in [0.15, 0.2) is 0 Å². The zero-order valence-electron chi connectivity index (χ0n) is 12.7. The third-order valence-electron chi connectivity index (χ3n) is 3.14. The Balaban J connectivity index is 2.87. The molecule has 0 aliphatic rings. The van der Waals surface area contributed by atoms with Crippen LogP contribution < -0.4 is 5.32 Å². The predicted molar refractivity (Wildman–Crippen MR) is 77.2 cm³/mol. The Hall–Kier alpha value is -2.57. The monoisotopic (exact) mass is 309 g/mol. The summed E-state index contributed by atoms with van der Waals surface area (Å²) in [5, 5.41) is 11.9. The first kappa shape index (κ1) is 17.5. The highest BCUT2D eigenvalue weighted by Crippen LogP contribution is 2.14. The molecule has 7 heteroatoms. The van der Waals surface area contributed by atoms with E-state index in [9.17, 15) is 19.5 Å². The van der Waals surface area contributed by atoms with Gasteiger partial charge in [-0.1, -0.05) is 13.0 Å². The highest BCUT2D eigenvalue weighted by Gasteiger charge is 2.30. The summed E-state index contributed by atoms with van der Waals surface area (Å²) in [6.07, 6.45) is -0.0451. The number of carbonyl (C=O) groups is 3. The fourth-order valence-electron chi connectivity index (χ4n) is 1.90. The second-order valence-electron chi connectivity index (χ2n) is 4.78. The van der Waals surface area contributed by atoms with Crippen molar-refractivity contribution in [3.05, 3.63) is 29.8 Å². The maximum absolute atomic E-state index is 12.1. The third-order valence-corrected chi connectivity index (χ3v) is 3.14. The van der Waals surface area contributed by atoms with Crippen LogP contribution in [0.3, 0.4) is 0 Å². The number of carbonyl (C=O) groups excluding carboxylic acids is 3. The molecular formula is C15H19NO6. The molecule has 120 valence electrons. The summed E-state index contributed by atoms with van der Waals surface area (Å²) in [4.78, 5) is 35.3. The molecule has 22 heavy (non-hydrogen) atoms. The van der Waals surface area contributed by atoms with Crippen molar-refractivity contribution in [1.29, 1.82) is 0 Å². The number of hydrogen-bond donors (Lipinski definition) is 2. The molecular weight excluding hydrogens is 290 g/mol. The Labute approximate surface area is 128 Å². The minimum Gasteiger partial charge on any atom is -0.508 e. The Kier molecular flexibility index (Phi) is 6.37. The maximum atomic E-state index is 12.1. The summed E-state index contributed by atoms with van der Waals surface area (Å²) in [6.45, 7) is 1.63. The van der Waals surface area contributed by atoms with Crippen LogP contribution in [0, 0.1) is 5.92 Å². The van der Waals surface area contributed by atoms with Crippen LogP contribution >= 0.6 is 0 Å². The van der Waals surface area contributed by atoms with Gasteiger partial charge in [0.25, 0.3) is 5.91 Å². The topological polar surface area (TPSA) is 102 Å². The van der Waals surface area contributed by atoms with Gasteiger partial charge in [-0.3, -0.25) is 9.59 Å². The average molecular weight is 309 g/mol. The SMILES string of the molecule is COC(=O)C[C@@H](C)[C@H](NC(=O)c1cccc(O)c1)C(=O)OC. The Morgan fingerprint density at radius 2 is 1.91 bits per heavy atom. The normalized spacial score (nSPS) is 12.9. The summed E-state index contributed by atoms with van der Waals surface area (Å²) in [5.41, 5.74) is 0.194. The standard InChI is InChI=1S/C15H19NO6/c1-9(7-12(18)21-2)13(15(20)22-3)16-14(19)10-5-4-6-11(17)8-10/h4-6,8-9,13,17H,7H2,1-3H3,(H,16,19)/t9-,13+/m1/s1. The molecule has 1 aromatic rings. The fourth-order valence-corrected chi connectivity index (χ4v) is 1.90. The van der Waals surface area contributed by atoms with Crippen LogP contribution in [0.2, 0.25) is 0 Å². The Morgan fingerprint density at radius 3 is 2.45 bits per heavy atom. The molecule has 2 N–H and O–H groups in total. The van der Waals surface area contributed by atoms with Gasteiger partial charge in [-0.15, -0.1) is 0 Å². The molecule has 1 amide bonds. The largest absolute Gasteiger partial charge is 0.508 e. The van der Waals surface area contributed by atoms with Crippen LogP contribution in [0.5, 0.6) is 5.75 Å². The summed E-state index contributed by atoms with van der Waals surface area (Å²) in [6, 6.07) is 4.70. The van der Waals surface area contributed by atoms with Gasteiger partial charge in [0.05, 0.1) is 20.6 Å². The number of phenols is 1. The van der Waals surface area contributed by atoms with Gasteiger partial charge in [-0.25, -0.2) is 4.79 Å². The molecule has 0 fully saturated rings. The first-order valence-electron chi connectivity index (χ1n) is 6.63. The van der Waals surface area contributed by atoms with Gasteiger partial charge in [0.1, 0.15) is 11.8 Å². The molecule has 0 radical (unpaired) electrons. The number of nitrogens with one attached hydrogen (secondary N) is 1. The molecule has 2 atom stereocenters. The van der Waals surface area contributed by atoms with Crippen LogP contribution in [-0.2, 0) is 19.1 Å². The van der Waals surface area contributed by atoms with E-state index in [1.807, 2.05) is 0 Å². The number of amides is 1. The van der Waals surface area contributed by atoms with Crippen molar-refractivity contribution >= 4 is 17.8 Å². The molecule has 0 bridgehead atoms. The van der Waals surface area contributed by atoms with Crippen LogP contribution in [-0.4, -0.2) is 43.2 Å². The van der Waals surface area contributed by atoms with E-state index < -0.39 is 29.8 Å². The van der Waals surface area contributed by atoms with Crippen LogP contribution in [0.1, 0.15) is 23.7 Å². The molecule has 0 aliphatic carbocycles. The zero-order chi connectivity index (χ0) is 16.7. The van der Waals surface area contributed by atoms with Crippen molar-refractivity contribution in [3.63, 3.8) is 0 Å². The van der Waals surface area contributed by atoms with E-state index in [1.54, 1.807) is 6.92 Å². The van der Waals surface area contributed by atoms with Crippen LogP contribution in [0.15, 0.2) is 24.3 Å². The zero-order valence-corrected chi connectivity index (χ0v) is 12.7. The van der Waals surface area contributed by atoms with Crippen molar-refractivity contribution in [1.82, 2.24) is 5.32 Å². The van der Waals surface area contributed by atoms with Gasteiger partial charge in [0.2, 0.25) is 0 Å². The van der Waals surface area contributed by atoms with Crippen molar-refractivity contribution in [2.24, 2.45) is 5.92 Å². The second kappa shape index (κ2) is 8.02. The minimum atomic E-state index is -1.00.